The second kappa shape index (κ2) is 11.8. The first-order valence-corrected chi connectivity index (χ1v) is 11.1. The highest BCUT2D eigenvalue weighted by molar-refractivity contribution is 7.72. The van der Waals surface area contributed by atoms with Crippen LogP contribution in [0, 0.1) is 5.92 Å². The van der Waals surface area contributed by atoms with Gasteiger partial charge < -0.3 is 19.5 Å². The van der Waals surface area contributed by atoms with E-state index < -0.39 is 28.4 Å². The summed E-state index contributed by atoms with van der Waals surface area (Å²) in [6, 6.07) is 3.84. The van der Waals surface area contributed by atoms with Crippen LogP contribution in [-0.4, -0.2) is 45.8 Å². The smallest absolute Gasteiger partial charge is 0.330 e. The first-order chi connectivity index (χ1) is 14.0. The highest BCUT2D eigenvalue weighted by Crippen LogP contribution is 2.34. The van der Waals surface area contributed by atoms with Crippen LogP contribution >= 0.6 is 0 Å². The highest BCUT2D eigenvalue weighted by atomic mass is 32.2. The number of hydrogen-bond acceptors (Lipinski definition) is 8. The van der Waals surface area contributed by atoms with Crippen molar-refractivity contribution < 1.29 is 32.2 Å². The Morgan fingerprint density at radius 3 is 2.40 bits per heavy atom. The van der Waals surface area contributed by atoms with Crippen molar-refractivity contribution in [2.75, 3.05) is 19.5 Å². The Bertz CT molecular complexity index is 802. The van der Waals surface area contributed by atoms with E-state index in [2.05, 4.69) is 5.32 Å². The molecular weight excluding hydrogens is 412 g/mol. The van der Waals surface area contributed by atoms with E-state index in [0.717, 1.165) is 0 Å². The lowest BCUT2D eigenvalue weighted by atomic mass is 9.99. The van der Waals surface area contributed by atoms with Crippen LogP contribution < -0.4 is 20.5 Å². The van der Waals surface area contributed by atoms with Crippen LogP contribution in [0.2, 0.25) is 0 Å². The van der Waals surface area contributed by atoms with Crippen molar-refractivity contribution >= 4 is 22.6 Å². The molecule has 30 heavy (non-hydrogen) atoms. The Hall–Kier alpha value is -2.33. The van der Waals surface area contributed by atoms with E-state index in [1.54, 1.807) is 25.1 Å². The molecule has 1 rings (SSSR count). The normalized spacial score (nSPS) is 14.1. The van der Waals surface area contributed by atoms with E-state index in [0.29, 0.717) is 30.1 Å². The number of hydrogen-bond donors (Lipinski definition) is 3. The number of benzene rings is 1. The molecule has 1 aromatic carbocycles. The lowest BCUT2D eigenvalue weighted by molar-refractivity contribution is -0.165. The predicted octanol–water partition coefficient (Wildman–Crippen LogP) is 1.30. The number of esters is 1. The van der Waals surface area contributed by atoms with Crippen LogP contribution in [0.15, 0.2) is 18.2 Å². The quantitative estimate of drug-likeness (QED) is 0.249. The van der Waals surface area contributed by atoms with Gasteiger partial charge in [0.15, 0.2) is 17.2 Å². The summed E-state index contributed by atoms with van der Waals surface area (Å²) in [7, 11) is -1.26. The van der Waals surface area contributed by atoms with E-state index >= 15 is 0 Å². The maximum absolute atomic E-state index is 12.9. The minimum atomic E-state index is -2.74. The number of carbonyl (C=O) groups excluding carboxylic acids is 2. The van der Waals surface area contributed by atoms with Gasteiger partial charge in [-0.05, 0) is 37.5 Å². The highest BCUT2D eigenvalue weighted by Gasteiger charge is 2.36. The van der Waals surface area contributed by atoms with E-state index in [4.69, 9.17) is 19.9 Å². The summed E-state index contributed by atoms with van der Waals surface area (Å²) in [5.41, 5.74) is 5.02. The number of carbonyl (C=O) groups is 2. The van der Waals surface area contributed by atoms with E-state index in [9.17, 15) is 18.0 Å². The number of nitrogens with two attached hydrogens (primary N) is 1. The molecule has 0 radical (unpaired) electrons. The molecule has 0 aromatic heterocycles. The fourth-order valence-corrected chi connectivity index (χ4v) is 3.42. The first-order valence-electron chi connectivity index (χ1n) is 9.74. The van der Waals surface area contributed by atoms with E-state index in [1.165, 1.54) is 14.0 Å². The molecule has 0 saturated carbocycles. The Labute approximate surface area is 179 Å². The van der Waals surface area contributed by atoms with Gasteiger partial charge in [0.1, 0.15) is 16.7 Å². The third-order valence-electron chi connectivity index (χ3n) is 4.27. The molecule has 0 aliphatic carbocycles. The maximum Gasteiger partial charge on any atom is 0.330 e. The van der Waals surface area contributed by atoms with Crippen LogP contribution in [0.3, 0.4) is 0 Å². The molecule has 0 aliphatic heterocycles. The zero-order valence-electron chi connectivity index (χ0n) is 18.1. The van der Waals surface area contributed by atoms with Crippen LogP contribution in [0.4, 0.5) is 0 Å². The largest absolute Gasteiger partial charge is 0.493 e. The minimum Gasteiger partial charge on any atom is -0.493 e. The third-order valence-corrected chi connectivity index (χ3v) is 4.86. The molecule has 9 nitrogen and oxygen atoms in total. The van der Waals surface area contributed by atoms with Crippen molar-refractivity contribution in [3.63, 3.8) is 0 Å². The standard InChI is InChI=1S/C20H32N2O7S/c1-6-28-18-12-15(7-8-17(18)27-5)20(21,9-10-30(25)26)29-19(24)16(11-13(2)3)22-14(4)23/h7-8,12-13,16,30H,6,9-11,21H2,1-5H3,(H,22,23)/t16-,20-/m0/s1. The minimum absolute atomic E-state index is 0.100. The van der Waals surface area contributed by atoms with Gasteiger partial charge in [-0.3, -0.25) is 10.5 Å². The average Bonchev–Trinajstić information content (AvgIpc) is 2.65. The van der Waals surface area contributed by atoms with Crippen molar-refractivity contribution in [3.8, 4) is 11.5 Å². The molecule has 0 heterocycles. The third kappa shape index (κ3) is 7.83. The summed E-state index contributed by atoms with van der Waals surface area (Å²) in [4.78, 5) is 24.4. The first kappa shape index (κ1) is 25.7. The van der Waals surface area contributed by atoms with Crippen molar-refractivity contribution in [3.05, 3.63) is 23.8 Å². The van der Waals surface area contributed by atoms with E-state index in [-0.39, 0.29) is 24.0 Å². The van der Waals surface area contributed by atoms with Gasteiger partial charge in [-0.2, -0.15) is 0 Å². The average molecular weight is 445 g/mol. The number of rotatable bonds is 12. The number of amides is 1. The summed E-state index contributed by atoms with van der Waals surface area (Å²) < 4.78 is 38.8. The fraction of sp³-hybridized carbons (Fsp3) is 0.600. The zero-order valence-corrected chi connectivity index (χ0v) is 19.0. The van der Waals surface area contributed by atoms with Gasteiger partial charge in [0.05, 0.1) is 19.5 Å². The monoisotopic (exact) mass is 444 g/mol. The van der Waals surface area contributed by atoms with Gasteiger partial charge in [0.25, 0.3) is 0 Å². The summed E-state index contributed by atoms with van der Waals surface area (Å²) in [6.07, 6.45) is 0.181. The molecule has 0 fully saturated rings. The van der Waals surface area contributed by atoms with Crippen molar-refractivity contribution in [2.45, 2.75) is 52.3 Å². The molecule has 0 unspecified atom stereocenters. The molecule has 2 atom stereocenters. The summed E-state index contributed by atoms with van der Waals surface area (Å²) in [5, 5.41) is 2.57. The second-order valence-corrected chi connectivity index (χ2v) is 8.41. The topological polar surface area (TPSA) is 134 Å². The molecule has 0 aliphatic rings. The zero-order chi connectivity index (χ0) is 22.9. The lowest BCUT2D eigenvalue weighted by Gasteiger charge is -2.32. The number of ether oxygens (including phenoxy) is 3. The summed E-state index contributed by atoms with van der Waals surface area (Å²) in [5.74, 6) is -0.467. The van der Waals surface area contributed by atoms with Gasteiger partial charge in [0.2, 0.25) is 5.91 Å². The number of nitrogens with one attached hydrogen (secondary N) is 1. The predicted molar refractivity (Wildman–Crippen MR) is 113 cm³/mol. The molecule has 0 bridgehead atoms. The summed E-state index contributed by atoms with van der Waals surface area (Å²) >= 11 is 0. The lowest BCUT2D eigenvalue weighted by Crippen LogP contribution is -2.49. The Morgan fingerprint density at radius 2 is 1.90 bits per heavy atom. The molecule has 170 valence electrons. The van der Waals surface area contributed by atoms with Crippen LogP contribution in [0.5, 0.6) is 11.5 Å². The molecular formula is C20H32N2O7S. The van der Waals surface area contributed by atoms with Gasteiger partial charge in [-0.1, -0.05) is 13.8 Å². The van der Waals surface area contributed by atoms with Crippen molar-refractivity contribution in [1.82, 2.24) is 5.32 Å². The maximum atomic E-state index is 12.9. The van der Waals surface area contributed by atoms with Gasteiger partial charge >= 0.3 is 5.97 Å². The molecule has 1 aromatic rings. The van der Waals surface area contributed by atoms with Gasteiger partial charge in [0, 0.05) is 18.9 Å². The molecule has 10 heteroatoms. The SMILES string of the molecule is CCOc1cc([C@](N)(CC[SH](=O)=O)OC(=O)[C@H](CC(C)C)NC(C)=O)ccc1OC. The van der Waals surface area contributed by atoms with Gasteiger partial charge in [-0.25, -0.2) is 13.2 Å². The number of methoxy groups -OCH3 is 1. The van der Waals surface area contributed by atoms with E-state index in [1.807, 2.05) is 13.8 Å². The van der Waals surface area contributed by atoms with Gasteiger partial charge in [-0.15, -0.1) is 0 Å². The molecule has 0 spiro atoms. The van der Waals surface area contributed by atoms with Crippen LogP contribution in [0.1, 0.15) is 46.1 Å². The number of thiol groups is 1. The van der Waals surface area contributed by atoms with Crippen LogP contribution in [-0.2, 0) is 30.8 Å². The van der Waals surface area contributed by atoms with Crippen LogP contribution in [0.25, 0.3) is 0 Å². The molecule has 1 amide bonds. The Balaban J connectivity index is 3.31. The second-order valence-electron chi connectivity index (χ2n) is 7.30. The summed E-state index contributed by atoms with van der Waals surface area (Å²) in [6.45, 7) is 7.27. The fourth-order valence-electron chi connectivity index (χ4n) is 2.90. The Kier molecular flexibility index (Phi) is 10.1. The Morgan fingerprint density at radius 1 is 1.23 bits per heavy atom. The van der Waals surface area contributed by atoms with Crippen molar-refractivity contribution in [2.24, 2.45) is 11.7 Å². The van der Waals surface area contributed by atoms with Crippen molar-refractivity contribution in [1.29, 1.82) is 0 Å². The molecule has 0 saturated heterocycles. The molecule has 3 N–H and O–H groups in total.